The Balaban J connectivity index is 1.64. The SMILES string of the molecule is CCc1ccc(C(C)NC(=O)N2C[C@@H]3CCC[C@@]3(C(=O)O)C2)cc1. The van der Waals surface area contributed by atoms with Crippen LogP contribution < -0.4 is 5.32 Å². The lowest BCUT2D eigenvalue weighted by Gasteiger charge is -2.24. The van der Waals surface area contributed by atoms with Crippen molar-refractivity contribution in [3.05, 3.63) is 35.4 Å². The van der Waals surface area contributed by atoms with E-state index in [0.29, 0.717) is 19.5 Å². The first-order chi connectivity index (χ1) is 11.5. The molecule has 1 unspecified atom stereocenters. The molecule has 3 rings (SSSR count). The van der Waals surface area contributed by atoms with E-state index in [1.807, 2.05) is 19.1 Å². The van der Waals surface area contributed by atoms with E-state index in [9.17, 15) is 14.7 Å². The number of hydrogen-bond acceptors (Lipinski definition) is 2. The highest BCUT2D eigenvalue weighted by atomic mass is 16.4. The van der Waals surface area contributed by atoms with Gasteiger partial charge in [0.05, 0.1) is 11.5 Å². The lowest BCUT2D eigenvalue weighted by molar-refractivity contribution is -0.149. The van der Waals surface area contributed by atoms with Crippen LogP contribution >= 0.6 is 0 Å². The Kier molecular flexibility index (Phi) is 4.52. The zero-order chi connectivity index (χ0) is 17.3. The van der Waals surface area contributed by atoms with Gasteiger partial charge in [-0.1, -0.05) is 37.6 Å². The maximum absolute atomic E-state index is 12.6. The number of amides is 2. The molecule has 2 amide bonds. The van der Waals surface area contributed by atoms with Crippen LogP contribution in [0.3, 0.4) is 0 Å². The zero-order valence-corrected chi connectivity index (χ0v) is 14.4. The van der Waals surface area contributed by atoms with Crippen molar-refractivity contribution in [3.63, 3.8) is 0 Å². The summed E-state index contributed by atoms with van der Waals surface area (Å²) in [6, 6.07) is 8.00. The van der Waals surface area contributed by atoms with E-state index >= 15 is 0 Å². The van der Waals surface area contributed by atoms with Gasteiger partial charge >= 0.3 is 12.0 Å². The first-order valence-electron chi connectivity index (χ1n) is 8.84. The molecule has 0 spiro atoms. The van der Waals surface area contributed by atoms with Crippen LogP contribution in [0.1, 0.15) is 50.3 Å². The average molecular weight is 330 g/mol. The van der Waals surface area contributed by atoms with Gasteiger partial charge in [-0.15, -0.1) is 0 Å². The minimum Gasteiger partial charge on any atom is -0.481 e. The molecule has 1 aromatic carbocycles. The van der Waals surface area contributed by atoms with E-state index in [1.54, 1.807) is 4.90 Å². The van der Waals surface area contributed by atoms with Crippen molar-refractivity contribution in [2.45, 2.75) is 45.6 Å². The standard InChI is InChI=1S/C19H26N2O3/c1-3-14-6-8-15(9-7-14)13(2)20-18(24)21-11-16-5-4-10-19(16,12-21)17(22)23/h6-9,13,16H,3-5,10-12H2,1-2H3,(H,20,24)(H,22,23)/t13?,16-,19+/m0/s1. The molecule has 1 saturated heterocycles. The number of likely N-dealkylation sites (tertiary alicyclic amines) is 1. The number of carbonyl (C=O) groups is 2. The Morgan fingerprint density at radius 3 is 2.67 bits per heavy atom. The molecule has 1 aromatic rings. The van der Waals surface area contributed by atoms with Crippen LogP contribution in [0.5, 0.6) is 0 Å². The van der Waals surface area contributed by atoms with E-state index in [1.165, 1.54) is 5.56 Å². The largest absolute Gasteiger partial charge is 0.481 e. The molecule has 2 aliphatic rings. The summed E-state index contributed by atoms with van der Waals surface area (Å²) in [4.78, 5) is 26.0. The molecule has 130 valence electrons. The van der Waals surface area contributed by atoms with Crippen molar-refractivity contribution < 1.29 is 14.7 Å². The number of rotatable bonds is 4. The predicted octanol–water partition coefficient (Wildman–Crippen LogP) is 3.21. The topological polar surface area (TPSA) is 69.6 Å². The fourth-order valence-corrected chi connectivity index (χ4v) is 4.20. The van der Waals surface area contributed by atoms with Crippen molar-refractivity contribution >= 4 is 12.0 Å². The molecule has 2 N–H and O–H groups in total. The van der Waals surface area contributed by atoms with E-state index < -0.39 is 11.4 Å². The number of hydrogen-bond donors (Lipinski definition) is 2. The van der Waals surface area contributed by atoms with Crippen LogP contribution in [0, 0.1) is 11.3 Å². The van der Waals surface area contributed by atoms with Crippen LogP contribution in [-0.2, 0) is 11.2 Å². The van der Waals surface area contributed by atoms with Crippen LogP contribution in [-0.4, -0.2) is 35.1 Å². The Morgan fingerprint density at radius 1 is 1.38 bits per heavy atom. The smallest absolute Gasteiger partial charge is 0.317 e. The number of carboxylic acids is 1. The average Bonchev–Trinajstić information content (AvgIpc) is 3.13. The van der Waals surface area contributed by atoms with Gasteiger partial charge in [-0.05, 0) is 43.2 Å². The van der Waals surface area contributed by atoms with Crippen molar-refractivity contribution in [3.8, 4) is 0 Å². The van der Waals surface area contributed by atoms with Gasteiger partial charge in [-0.2, -0.15) is 0 Å². The highest BCUT2D eigenvalue weighted by Crippen LogP contribution is 2.48. The summed E-state index contributed by atoms with van der Waals surface area (Å²) < 4.78 is 0. The van der Waals surface area contributed by atoms with Gasteiger partial charge in [-0.25, -0.2) is 4.79 Å². The number of aliphatic carboxylic acids is 1. The van der Waals surface area contributed by atoms with Gasteiger partial charge < -0.3 is 15.3 Å². The second kappa shape index (κ2) is 6.46. The Morgan fingerprint density at radius 2 is 2.08 bits per heavy atom. The molecule has 5 nitrogen and oxygen atoms in total. The third-order valence-corrected chi connectivity index (χ3v) is 5.81. The summed E-state index contributed by atoms with van der Waals surface area (Å²) in [5, 5.41) is 12.6. The van der Waals surface area contributed by atoms with Gasteiger partial charge in [0.2, 0.25) is 0 Å². The summed E-state index contributed by atoms with van der Waals surface area (Å²) in [6.07, 6.45) is 3.54. The number of nitrogens with zero attached hydrogens (tertiary/aromatic N) is 1. The zero-order valence-electron chi connectivity index (χ0n) is 14.4. The maximum atomic E-state index is 12.6. The number of carbonyl (C=O) groups excluding carboxylic acids is 1. The molecular formula is C19H26N2O3. The van der Waals surface area contributed by atoms with Crippen LogP contribution in [0.2, 0.25) is 0 Å². The van der Waals surface area contributed by atoms with Crippen LogP contribution in [0.25, 0.3) is 0 Å². The van der Waals surface area contributed by atoms with Crippen molar-refractivity contribution in [2.75, 3.05) is 13.1 Å². The number of benzene rings is 1. The molecule has 1 aliphatic heterocycles. The minimum absolute atomic E-state index is 0.0929. The van der Waals surface area contributed by atoms with Gasteiger partial charge in [-0.3, -0.25) is 4.79 Å². The summed E-state index contributed by atoms with van der Waals surface area (Å²) >= 11 is 0. The van der Waals surface area contributed by atoms with Crippen molar-refractivity contribution in [1.29, 1.82) is 0 Å². The second-order valence-corrected chi connectivity index (χ2v) is 7.20. The molecule has 3 atom stereocenters. The van der Waals surface area contributed by atoms with E-state index in [4.69, 9.17) is 0 Å². The van der Waals surface area contributed by atoms with Gasteiger partial charge in [0.15, 0.2) is 0 Å². The lowest BCUT2D eigenvalue weighted by Crippen LogP contribution is -2.42. The lowest BCUT2D eigenvalue weighted by atomic mass is 9.81. The molecule has 0 aromatic heterocycles. The predicted molar refractivity (Wildman–Crippen MR) is 91.7 cm³/mol. The molecule has 5 heteroatoms. The third-order valence-electron chi connectivity index (χ3n) is 5.81. The number of carboxylic acid groups (broad SMARTS) is 1. The molecule has 1 aliphatic carbocycles. The first-order valence-corrected chi connectivity index (χ1v) is 8.84. The van der Waals surface area contributed by atoms with E-state index in [-0.39, 0.29) is 18.0 Å². The highest BCUT2D eigenvalue weighted by Gasteiger charge is 2.55. The molecule has 1 heterocycles. The van der Waals surface area contributed by atoms with Crippen molar-refractivity contribution in [2.24, 2.45) is 11.3 Å². The fraction of sp³-hybridized carbons (Fsp3) is 0.579. The Labute approximate surface area is 143 Å². The monoisotopic (exact) mass is 330 g/mol. The van der Waals surface area contributed by atoms with E-state index in [0.717, 1.165) is 24.8 Å². The number of aryl methyl sites for hydroxylation is 1. The molecule has 24 heavy (non-hydrogen) atoms. The highest BCUT2D eigenvalue weighted by molar-refractivity contribution is 5.80. The molecule has 0 radical (unpaired) electrons. The summed E-state index contributed by atoms with van der Waals surface area (Å²) in [5.41, 5.74) is 1.62. The van der Waals surface area contributed by atoms with Gasteiger partial charge in [0.25, 0.3) is 0 Å². The summed E-state index contributed by atoms with van der Waals surface area (Å²) in [5.74, 6) is -0.650. The number of nitrogens with one attached hydrogen (secondary N) is 1. The Hall–Kier alpha value is -2.04. The summed E-state index contributed by atoms with van der Waals surface area (Å²) in [7, 11) is 0. The molecule has 1 saturated carbocycles. The summed E-state index contributed by atoms with van der Waals surface area (Å²) in [6.45, 7) is 4.96. The second-order valence-electron chi connectivity index (χ2n) is 7.20. The molecule has 0 bridgehead atoms. The Bertz CT molecular complexity index is 628. The molecule has 2 fully saturated rings. The number of urea groups is 1. The first kappa shape index (κ1) is 16.8. The van der Waals surface area contributed by atoms with Gasteiger partial charge in [0.1, 0.15) is 0 Å². The third kappa shape index (κ3) is 2.87. The van der Waals surface area contributed by atoms with Crippen LogP contribution in [0.4, 0.5) is 4.79 Å². The normalized spacial score (nSPS) is 26.9. The van der Waals surface area contributed by atoms with E-state index in [2.05, 4.69) is 24.4 Å². The van der Waals surface area contributed by atoms with Crippen LogP contribution in [0.15, 0.2) is 24.3 Å². The molecular weight excluding hydrogens is 304 g/mol. The van der Waals surface area contributed by atoms with Crippen molar-refractivity contribution in [1.82, 2.24) is 10.2 Å². The fourth-order valence-electron chi connectivity index (χ4n) is 4.20. The number of fused-ring (bicyclic) bond motifs is 1. The minimum atomic E-state index is -0.747. The quantitative estimate of drug-likeness (QED) is 0.890. The maximum Gasteiger partial charge on any atom is 0.317 e. The van der Waals surface area contributed by atoms with Gasteiger partial charge in [0, 0.05) is 13.1 Å².